The molecule has 0 radical (unpaired) electrons. The third kappa shape index (κ3) is 2.40. The van der Waals surface area contributed by atoms with E-state index >= 15 is 0 Å². The van der Waals surface area contributed by atoms with E-state index in [9.17, 15) is 4.79 Å². The zero-order valence-corrected chi connectivity index (χ0v) is 10.2. The number of ether oxygens (including phenoxy) is 1. The Morgan fingerprint density at radius 3 is 2.67 bits per heavy atom. The van der Waals surface area contributed by atoms with Gasteiger partial charge in [0.2, 0.25) is 5.78 Å². The first kappa shape index (κ1) is 12.2. The van der Waals surface area contributed by atoms with Crippen molar-refractivity contribution in [2.24, 2.45) is 0 Å². The maximum atomic E-state index is 12.3. The summed E-state index contributed by atoms with van der Waals surface area (Å²) in [5, 5.41) is 0. The highest BCUT2D eigenvalue weighted by molar-refractivity contribution is 6.00. The van der Waals surface area contributed by atoms with E-state index in [-0.39, 0.29) is 5.78 Å². The summed E-state index contributed by atoms with van der Waals surface area (Å²) in [4.78, 5) is 14.2. The quantitative estimate of drug-likeness (QED) is 0.712. The van der Waals surface area contributed by atoms with E-state index in [1.165, 1.54) is 0 Å². The molecular weight excluding hydrogens is 190 g/mol. The van der Waals surface area contributed by atoms with Crippen LogP contribution in [0.1, 0.15) is 33.1 Å². The van der Waals surface area contributed by atoms with Gasteiger partial charge >= 0.3 is 0 Å². The van der Waals surface area contributed by atoms with Crippen LogP contribution in [0, 0.1) is 0 Å². The smallest absolute Gasteiger partial charge is 0.216 e. The molecule has 0 aromatic carbocycles. The van der Waals surface area contributed by atoms with E-state index in [4.69, 9.17) is 4.74 Å². The molecule has 0 N–H and O–H groups in total. The lowest BCUT2D eigenvalue weighted by atomic mass is 9.90. The highest BCUT2D eigenvalue weighted by atomic mass is 16.5. The fourth-order valence-electron chi connectivity index (χ4n) is 1.66. The largest absolute Gasteiger partial charge is 0.490 e. The zero-order chi connectivity index (χ0) is 11.5. The highest BCUT2D eigenvalue weighted by Gasteiger charge is 2.36. The van der Waals surface area contributed by atoms with Crippen LogP contribution in [0.5, 0.6) is 0 Å². The lowest BCUT2D eigenvalue weighted by Crippen LogP contribution is -2.49. The number of carbonyl (C=O) groups is 1. The molecule has 3 heteroatoms. The maximum Gasteiger partial charge on any atom is 0.216 e. The Bertz CT molecular complexity index is 271. The summed E-state index contributed by atoms with van der Waals surface area (Å²) in [6, 6.07) is 0. The molecule has 0 spiro atoms. The molecule has 1 rings (SSSR count). The number of ketones is 1. The fraction of sp³-hybridized carbons (Fsp3) is 0.750. The molecule has 0 fully saturated rings. The summed E-state index contributed by atoms with van der Waals surface area (Å²) >= 11 is 0. The highest BCUT2D eigenvalue weighted by Crippen LogP contribution is 2.24. The predicted molar refractivity (Wildman–Crippen MR) is 60.7 cm³/mol. The van der Waals surface area contributed by atoms with E-state index < -0.39 is 5.54 Å². The second-order valence-electron chi connectivity index (χ2n) is 4.41. The average molecular weight is 211 g/mol. The summed E-state index contributed by atoms with van der Waals surface area (Å²) in [7, 11) is 3.87. The Morgan fingerprint density at radius 2 is 2.27 bits per heavy atom. The second kappa shape index (κ2) is 4.79. The minimum absolute atomic E-state index is 0.106. The van der Waals surface area contributed by atoms with Crippen LogP contribution in [0.2, 0.25) is 0 Å². The van der Waals surface area contributed by atoms with Crippen molar-refractivity contribution < 1.29 is 9.53 Å². The van der Waals surface area contributed by atoms with E-state index in [1.807, 2.05) is 38.9 Å². The Hall–Kier alpha value is -0.830. The molecule has 1 unspecified atom stereocenters. The van der Waals surface area contributed by atoms with Gasteiger partial charge in [-0.15, -0.1) is 0 Å². The average Bonchev–Trinajstić information content (AvgIpc) is 2.28. The lowest BCUT2D eigenvalue weighted by Gasteiger charge is -2.34. The third-order valence-electron chi connectivity index (χ3n) is 3.32. The van der Waals surface area contributed by atoms with Crippen LogP contribution in [0.15, 0.2) is 11.8 Å². The molecule has 1 heterocycles. The first-order chi connectivity index (χ1) is 7.02. The number of likely N-dealkylation sites (N-methyl/N-ethyl adjacent to an activating group) is 1. The number of nitrogens with zero attached hydrogens (tertiary/aromatic N) is 1. The Labute approximate surface area is 92.1 Å². The number of Topliss-reactive ketones (excluding diaryl/α,β-unsaturated/α-hetero) is 1. The topological polar surface area (TPSA) is 29.5 Å². The lowest BCUT2D eigenvalue weighted by molar-refractivity contribution is -0.129. The molecule has 0 aromatic heterocycles. The van der Waals surface area contributed by atoms with Gasteiger partial charge in [-0.2, -0.15) is 0 Å². The summed E-state index contributed by atoms with van der Waals surface area (Å²) in [5.41, 5.74) is -0.441. The van der Waals surface area contributed by atoms with Crippen molar-refractivity contribution in [2.45, 2.75) is 38.6 Å². The normalized spacial score (nSPS) is 20.5. The molecule has 0 saturated carbocycles. The van der Waals surface area contributed by atoms with Crippen LogP contribution >= 0.6 is 0 Å². The fourth-order valence-corrected chi connectivity index (χ4v) is 1.66. The van der Waals surface area contributed by atoms with Crippen molar-refractivity contribution in [2.75, 3.05) is 20.7 Å². The van der Waals surface area contributed by atoms with Gasteiger partial charge in [0.05, 0.1) is 12.1 Å². The van der Waals surface area contributed by atoms with Gasteiger partial charge in [-0.25, -0.2) is 0 Å². The molecule has 1 atom stereocenters. The van der Waals surface area contributed by atoms with Gasteiger partial charge in [0, 0.05) is 0 Å². The van der Waals surface area contributed by atoms with Crippen molar-refractivity contribution in [3.63, 3.8) is 0 Å². The molecule has 1 aliphatic heterocycles. The molecule has 0 aliphatic carbocycles. The molecule has 86 valence electrons. The number of allylic oxidation sites excluding steroid dienone is 1. The van der Waals surface area contributed by atoms with Crippen molar-refractivity contribution in [3.05, 3.63) is 11.8 Å². The van der Waals surface area contributed by atoms with Gasteiger partial charge in [0.25, 0.3) is 0 Å². The maximum absolute atomic E-state index is 12.3. The van der Waals surface area contributed by atoms with Crippen molar-refractivity contribution in [1.82, 2.24) is 4.90 Å². The molecule has 1 aliphatic rings. The zero-order valence-electron chi connectivity index (χ0n) is 10.2. The summed E-state index contributed by atoms with van der Waals surface area (Å²) in [6.07, 6.45) is 4.68. The second-order valence-corrected chi connectivity index (χ2v) is 4.41. The summed E-state index contributed by atoms with van der Waals surface area (Å²) < 4.78 is 5.42. The molecule has 0 aromatic rings. The third-order valence-corrected chi connectivity index (χ3v) is 3.32. The van der Waals surface area contributed by atoms with Gasteiger partial charge in [-0.05, 0) is 46.4 Å². The number of carbonyl (C=O) groups excluding carboxylic acids is 1. The number of hydrogen-bond donors (Lipinski definition) is 0. The summed E-state index contributed by atoms with van der Waals surface area (Å²) in [5.74, 6) is 0.661. The molecule has 3 nitrogen and oxygen atoms in total. The first-order valence-electron chi connectivity index (χ1n) is 5.57. The SMILES string of the molecule is CCC(C)(C(=O)C1=CCCCO1)N(C)C. The molecule has 0 bridgehead atoms. The van der Waals surface area contributed by atoms with Crippen LogP contribution in [0.3, 0.4) is 0 Å². The van der Waals surface area contributed by atoms with Crippen LogP contribution in [0.25, 0.3) is 0 Å². The first-order valence-corrected chi connectivity index (χ1v) is 5.57. The summed E-state index contributed by atoms with van der Waals surface area (Å²) in [6.45, 7) is 4.67. The van der Waals surface area contributed by atoms with Gasteiger partial charge in [0.1, 0.15) is 0 Å². The molecule has 15 heavy (non-hydrogen) atoms. The van der Waals surface area contributed by atoms with E-state index in [2.05, 4.69) is 0 Å². The van der Waals surface area contributed by atoms with Gasteiger partial charge < -0.3 is 4.74 Å². The molecule has 0 amide bonds. The Balaban J connectivity index is 2.85. The van der Waals surface area contributed by atoms with E-state index in [0.29, 0.717) is 12.4 Å². The molecule has 0 saturated heterocycles. The van der Waals surface area contributed by atoms with Crippen LogP contribution in [0.4, 0.5) is 0 Å². The van der Waals surface area contributed by atoms with Crippen LogP contribution in [-0.2, 0) is 9.53 Å². The van der Waals surface area contributed by atoms with E-state index in [0.717, 1.165) is 19.3 Å². The minimum atomic E-state index is -0.441. The van der Waals surface area contributed by atoms with Gasteiger partial charge in [-0.1, -0.05) is 6.92 Å². The monoisotopic (exact) mass is 211 g/mol. The van der Waals surface area contributed by atoms with Crippen molar-refractivity contribution in [1.29, 1.82) is 0 Å². The number of rotatable bonds is 4. The predicted octanol–water partition coefficient (Wildman–Crippen LogP) is 1.98. The van der Waals surface area contributed by atoms with Crippen molar-refractivity contribution in [3.8, 4) is 0 Å². The molecular formula is C12H21NO2. The Morgan fingerprint density at radius 1 is 1.60 bits per heavy atom. The minimum Gasteiger partial charge on any atom is -0.490 e. The van der Waals surface area contributed by atoms with Crippen molar-refractivity contribution >= 4 is 5.78 Å². The van der Waals surface area contributed by atoms with Gasteiger partial charge in [0.15, 0.2) is 5.76 Å². The van der Waals surface area contributed by atoms with E-state index in [1.54, 1.807) is 0 Å². The van der Waals surface area contributed by atoms with Crippen LogP contribution in [-0.4, -0.2) is 36.9 Å². The number of hydrogen-bond acceptors (Lipinski definition) is 3. The van der Waals surface area contributed by atoms with Crippen LogP contribution < -0.4 is 0 Å². The van der Waals surface area contributed by atoms with Gasteiger partial charge in [-0.3, -0.25) is 9.69 Å². The Kier molecular flexibility index (Phi) is 3.91. The standard InChI is InChI=1S/C12H21NO2/c1-5-12(2,13(3)4)11(14)10-8-6-7-9-15-10/h8H,5-7,9H2,1-4H3.